The van der Waals surface area contributed by atoms with Crippen molar-refractivity contribution in [1.29, 1.82) is 0 Å². The summed E-state index contributed by atoms with van der Waals surface area (Å²) in [6, 6.07) is 5.25. The van der Waals surface area contributed by atoms with Crippen LogP contribution in [0, 0.1) is 10.1 Å². The Kier molecular flexibility index (Phi) is 7.11. The maximum Gasteiger partial charge on any atom is 0.334 e. The third-order valence-electron chi connectivity index (χ3n) is 2.61. The molecular formula is C14H18NO6P. The average molecular weight is 327 g/mol. The Balaban J connectivity index is 2.70. The average Bonchev–Trinajstić information content (AvgIpc) is 2.47. The smallest absolute Gasteiger partial charge is 0.309 e. The molecule has 0 saturated carbocycles. The Labute approximate surface area is 128 Å². The molecule has 0 aromatic heterocycles. The predicted molar refractivity (Wildman–Crippen MR) is 82.3 cm³/mol. The zero-order chi connectivity index (χ0) is 16.6. The van der Waals surface area contributed by atoms with E-state index in [9.17, 15) is 19.5 Å². The quantitative estimate of drug-likeness (QED) is 0.226. The first kappa shape index (κ1) is 18.2. The van der Waals surface area contributed by atoms with Gasteiger partial charge < -0.3 is 9.05 Å². The number of non-ortho nitro benzene ring substituents is 1. The number of nitrogens with zero attached hydrogens (tertiary/aromatic N) is 1. The fraction of sp³-hybridized carbons (Fsp3) is 0.357. The topological polar surface area (TPSA) is 95.7 Å². The molecule has 0 fully saturated rings. The SMILES string of the molecule is CCOP(=O)(C/C=C/C(=O)c1ccc([N+](=O)[O-])cc1)OCC. The fourth-order valence-corrected chi connectivity index (χ4v) is 3.10. The first-order valence-electron chi connectivity index (χ1n) is 6.75. The van der Waals surface area contributed by atoms with Gasteiger partial charge in [0.25, 0.3) is 5.69 Å². The van der Waals surface area contributed by atoms with E-state index < -0.39 is 12.5 Å². The summed E-state index contributed by atoms with van der Waals surface area (Å²) < 4.78 is 22.4. The summed E-state index contributed by atoms with van der Waals surface area (Å²) in [5, 5.41) is 10.5. The summed E-state index contributed by atoms with van der Waals surface area (Å²) in [6.45, 7) is 3.91. The molecule has 0 saturated heterocycles. The second-order valence-corrected chi connectivity index (χ2v) is 6.30. The van der Waals surface area contributed by atoms with Gasteiger partial charge >= 0.3 is 7.60 Å². The molecule has 120 valence electrons. The summed E-state index contributed by atoms with van der Waals surface area (Å²) in [6.07, 6.45) is 2.68. The van der Waals surface area contributed by atoms with E-state index in [0.29, 0.717) is 5.56 Å². The van der Waals surface area contributed by atoms with E-state index in [1.54, 1.807) is 13.8 Å². The van der Waals surface area contributed by atoms with Gasteiger partial charge in [-0.1, -0.05) is 6.08 Å². The van der Waals surface area contributed by atoms with E-state index in [1.165, 1.54) is 36.4 Å². The van der Waals surface area contributed by atoms with Crippen molar-refractivity contribution in [2.45, 2.75) is 13.8 Å². The maximum absolute atomic E-state index is 12.2. The third kappa shape index (κ3) is 5.52. The van der Waals surface area contributed by atoms with Crippen LogP contribution in [-0.4, -0.2) is 30.1 Å². The largest absolute Gasteiger partial charge is 0.334 e. The number of hydrogen-bond donors (Lipinski definition) is 0. The van der Waals surface area contributed by atoms with Crippen molar-refractivity contribution in [2.75, 3.05) is 19.4 Å². The van der Waals surface area contributed by atoms with E-state index in [1.807, 2.05) is 0 Å². The Morgan fingerprint density at radius 1 is 1.23 bits per heavy atom. The molecule has 0 radical (unpaired) electrons. The summed E-state index contributed by atoms with van der Waals surface area (Å²) in [4.78, 5) is 21.9. The monoisotopic (exact) mass is 327 g/mol. The molecule has 0 aliphatic heterocycles. The summed E-state index contributed by atoms with van der Waals surface area (Å²) in [5.41, 5.74) is 0.224. The molecule has 1 rings (SSSR count). The van der Waals surface area contributed by atoms with Gasteiger partial charge in [-0.05, 0) is 32.1 Å². The number of nitro benzene ring substituents is 1. The molecule has 1 aromatic rings. The van der Waals surface area contributed by atoms with Gasteiger partial charge in [0, 0.05) is 17.7 Å². The highest BCUT2D eigenvalue weighted by Gasteiger charge is 2.21. The second-order valence-electron chi connectivity index (χ2n) is 4.20. The molecule has 0 bridgehead atoms. The van der Waals surface area contributed by atoms with Crippen molar-refractivity contribution in [3.8, 4) is 0 Å². The van der Waals surface area contributed by atoms with E-state index >= 15 is 0 Å². The minimum absolute atomic E-state index is 0.00655. The van der Waals surface area contributed by atoms with Gasteiger partial charge in [-0.3, -0.25) is 19.5 Å². The summed E-state index contributed by atoms with van der Waals surface area (Å²) >= 11 is 0. The van der Waals surface area contributed by atoms with Crippen LogP contribution in [0.15, 0.2) is 36.4 Å². The van der Waals surface area contributed by atoms with Gasteiger partial charge in [-0.2, -0.15) is 0 Å². The van der Waals surface area contributed by atoms with Crippen LogP contribution in [0.4, 0.5) is 5.69 Å². The van der Waals surface area contributed by atoms with Gasteiger partial charge in [0.15, 0.2) is 5.78 Å². The van der Waals surface area contributed by atoms with Crippen LogP contribution in [0.1, 0.15) is 24.2 Å². The highest BCUT2D eigenvalue weighted by atomic mass is 31.2. The second kappa shape index (κ2) is 8.58. The van der Waals surface area contributed by atoms with E-state index in [4.69, 9.17) is 9.05 Å². The van der Waals surface area contributed by atoms with Crippen LogP contribution < -0.4 is 0 Å². The molecule has 0 aliphatic carbocycles. The number of allylic oxidation sites excluding steroid dienone is 2. The van der Waals surface area contributed by atoms with Crippen LogP contribution in [0.3, 0.4) is 0 Å². The third-order valence-corrected chi connectivity index (χ3v) is 4.57. The first-order chi connectivity index (χ1) is 10.4. The number of carbonyl (C=O) groups is 1. The lowest BCUT2D eigenvalue weighted by atomic mass is 10.1. The van der Waals surface area contributed by atoms with Gasteiger partial charge in [-0.15, -0.1) is 0 Å². The van der Waals surface area contributed by atoms with Gasteiger partial charge in [0.05, 0.1) is 24.3 Å². The van der Waals surface area contributed by atoms with Crippen molar-refractivity contribution < 1.29 is 23.3 Å². The Morgan fingerprint density at radius 3 is 2.23 bits per heavy atom. The van der Waals surface area contributed by atoms with Crippen LogP contribution in [0.5, 0.6) is 0 Å². The molecule has 0 aliphatic rings. The predicted octanol–water partition coefficient (Wildman–Crippen LogP) is 3.60. The van der Waals surface area contributed by atoms with Crippen LogP contribution in [0.2, 0.25) is 0 Å². The van der Waals surface area contributed by atoms with Crippen molar-refractivity contribution >= 4 is 19.1 Å². The molecule has 1 aromatic carbocycles. The molecule has 22 heavy (non-hydrogen) atoms. The molecular weight excluding hydrogens is 309 g/mol. The van der Waals surface area contributed by atoms with Gasteiger partial charge in [0.2, 0.25) is 0 Å². The maximum atomic E-state index is 12.2. The Morgan fingerprint density at radius 2 is 1.77 bits per heavy atom. The molecule has 7 nitrogen and oxygen atoms in total. The van der Waals surface area contributed by atoms with Gasteiger partial charge in [-0.25, -0.2) is 0 Å². The lowest BCUT2D eigenvalue weighted by Crippen LogP contribution is -2.00. The number of carbonyl (C=O) groups excluding carboxylic acids is 1. The van der Waals surface area contributed by atoms with Crippen molar-refractivity contribution in [3.05, 3.63) is 52.1 Å². The van der Waals surface area contributed by atoms with Crippen LogP contribution in [0.25, 0.3) is 0 Å². The zero-order valence-electron chi connectivity index (χ0n) is 12.4. The standard InChI is InChI=1S/C14H18NO6P/c1-3-20-22(19,21-4-2)11-5-6-14(16)12-7-9-13(10-8-12)15(17)18/h5-10H,3-4,11H2,1-2H3/b6-5+. The number of ketones is 1. The van der Waals surface area contributed by atoms with E-state index in [0.717, 1.165) is 0 Å². The van der Waals surface area contributed by atoms with Gasteiger partial charge in [0.1, 0.15) is 0 Å². The lowest BCUT2D eigenvalue weighted by molar-refractivity contribution is -0.384. The van der Waals surface area contributed by atoms with E-state index in [2.05, 4.69) is 0 Å². The lowest BCUT2D eigenvalue weighted by Gasteiger charge is -2.14. The molecule has 0 unspecified atom stereocenters. The molecule has 8 heteroatoms. The highest BCUT2D eigenvalue weighted by molar-refractivity contribution is 7.54. The minimum atomic E-state index is -3.22. The molecule has 0 heterocycles. The number of benzene rings is 1. The molecule has 0 N–H and O–H groups in total. The number of nitro groups is 1. The zero-order valence-corrected chi connectivity index (χ0v) is 13.3. The first-order valence-corrected chi connectivity index (χ1v) is 8.48. The van der Waals surface area contributed by atoms with E-state index in [-0.39, 0.29) is 30.8 Å². The molecule has 0 amide bonds. The summed E-state index contributed by atoms with van der Waals surface area (Å²) in [5.74, 6) is -0.338. The van der Waals surface area contributed by atoms with Crippen LogP contribution in [-0.2, 0) is 13.6 Å². The number of rotatable bonds is 9. The Hall–Kier alpha value is -1.82. The fourth-order valence-electron chi connectivity index (χ4n) is 1.67. The van der Waals surface area contributed by atoms with Crippen molar-refractivity contribution in [1.82, 2.24) is 0 Å². The Bertz CT molecular complexity index is 586. The van der Waals surface area contributed by atoms with Crippen LogP contribution >= 0.6 is 7.60 Å². The highest BCUT2D eigenvalue weighted by Crippen LogP contribution is 2.47. The van der Waals surface area contributed by atoms with Crippen molar-refractivity contribution in [2.24, 2.45) is 0 Å². The normalized spacial score (nSPS) is 11.7. The minimum Gasteiger partial charge on any atom is -0.309 e. The molecule has 0 atom stereocenters. The van der Waals surface area contributed by atoms with Crippen molar-refractivity contribution in [3.63, 3.8) is 0 Å². The number of hydrogen-bond acceptors (Lipinski definition) is 6. The molecule has 0 spiro atoms. The summed E-state index contributed by atoms with van der Waals surface area (Å²) in [7, 11) is -3.22.